The Morgan fingerprint density at radius 3 is 2.84 bits per heavy atom. The lowest BCUT2D eigenvalue weighted by Crippen LogP contribution is -2.08. The normalized spacial score (nSPS) is 10.2. The fourth-order valence-electron chi connectivity index (χ4n) is 1.66. The van der Waals surface area contributed by atoms with Crippen molar-refractivity contribution in [3.63, 3.8) is 0 Å². The van der Waals surface area contributed by atoms with E-state index in [0.29, 0.717) is 6.42 Å². The zero-order valence-electron chi connectivity index (χ0n) is 10.0. The molecule has 0 saturated carbocycles. The third-order valence-electron chi connectivity index (χ3n) is 2.56. The number of carboxylic acid groups (broad SMARTS) is 1. The summed E-state index contributed by atoms with van der Waals surface area (Å²) in [6.45, 7) is 0.259. The molecule has 1 aromatic heterocycles. The predicted molar refractivity (Wildman–Crippen MR) is 66.8 cm³/mol. The van der Waals surface area contributed by atoms with Crippen molar-refractivity contribution in [2.24, 2.45) is 0 Å². The molecule has 0 radical (unpaired) electrons. The third kappa shape index (κ3) is 3.28. The minimum Gasteiger partial charge on any atom is -0.492 e. The molecule has 0 spiro atoms. The number of hydrogen-bond acceptors (Lipinski definition) is 3. The molecule has 0 saturated heterocycles. The van der Waals surface area contributed by atoms with Gasteiger partial charge in [0.25, 0.3) is 0 Å². The van der Waals surface area contributed by atoms with Crippen LogP contribution in [0.3, 0.4) is 0 Å². The molecule has 5 heteroatoms. The van der Waals surface area contributed by atoms with Gasteiger partial charge in [0, 0.05) is 18.8 Å². The lowest BCUT2D eigenvalue weighted by molar-refractivity contribution is 0.0687. The topological polar surface area (TPSA) is 59.4 Å². The second-order valence-electron chi connectivity index (χ2n) is 3.88. The molecule has 0 aliphatic carbocycles. The quantitative estimate of drug-likeness (QED) is 0.898. The maximum Gasteiger partial charge on any atom is 0.342 e. The molecule has 1 aromatic carbocycles. The number of hydrogen-bond donors (Lipinski definition) is 1. The van der Waals surface area contributed by atoms with Crippen LogP contribution in [0.5, 0.6) is 5.75 Å². The van der Waals surface area contributed by atoms with Gasteiger partial charge in [-0.1, -0.05) is 12.1 Å². The second kappa shape index (κ2) is 5.95. The number of halogens is 1. The molecule has 0 unspecified atom stereocenters. The minimum atomic E-state index is -1.34. The number of benzene rings is 1. The third-order valence-corrected chi connectivity index (χ3v) is 2.56. The van der Waals surface area contributed by atoms with Gasteiger partial charge in [0.15, 0.2) is 0 Å². The molecule has 1 N–H and O–H groups in total. The summed E-state index contributed by atoms with van der Waals surface area (Å²) in [5.41, 5.74) is 0.532. The van der Waals surface area contributed by atoms with Crippen molar-refractivity contribution in [1.82, 2.24) is 4.98 Å². The lowest BCUT2D eigenvalue weighted by Gasteiger charge is -2.09. The summed E-state index contributed by atoms with van der Waals surface area (Å²) in [5.74, 6) is -2.10. The molecule has 0 bridgehead atoms. The van der Waals surface area contributed by atoms with E-state index in [1.165, 1.54) is 12.1 Å². The van der Waals surface area contributed by atoms with E-state index in [2.05, 4.69) is 4.98 Å². The number of aromatic carboxylic acids is 1. The van der Waals surface area contributed by atoms with E-state index in [9.17, 15) is 9.18 Å². The Balaban J connectivity index is 2.04. The van der Waals surface area contributed by atoms with Crippen molar-refractivity contribution in [2.75, 3.05) is 6.61 Å². The van der Waals surface area contributed by atoms with E-state index in [-0.39, 0.29) is 12.4 Å². The highest BCUT2D eigenvalue weighted by atomic mass is 19.1. The Morgan fingerprint density at radius 1 is 1.32 bits per heavy atom. The first-order valence-electron chi connectivity index (χ1n) is 5.72. The van der Waals surface area contributed by atoms with Crippen LogP contribution in [0, 0.1) is 5.82 Å². The Hall–Kier alpha value is -2.43. The molecule has 4 nitrogen and oxygen atoms in total. The van der Waals surface area contributed by atoms with Gasteiger partial charge in [-0.2, -0.15) is 0 Å². The summed E-state index contributed by atoms with van der Waals surface area (Å²) in [6, 6.07) is 7.65. The number of ether oxygens (including phenoxy) is 1. The summed E-state index contributed by atoms with van der Waals surface area (Å²) in [6.07, 6.45) is 3.94. The van der Waals surface area contributed by atoms with Crippen LogP contribution in [0.25, 0.3) is 0 Å². The molecule has 1 heterocycles. The molecule has 2 rings (SSSR count). The molecule has 0 atom stereocenters. The molecule has 2 aromatic rings. The zero-order chi connectivity index (χ0) is 13.7. The Bertz CT molecular complexity index is 572. The second-order valence-corrected chi connectivity index (χ2v) is 3.88. The summed E-state index contributed by atoms with van der Waals surface area (Å²) in [5, 5.41) is 8.93. The maximum absolute atomic E-state index is 13.4. The first-order valence-corrected chi connectivity index (χ1v) is 5.72. The van der Waals surface area contributed by atoms with Crippen molar-refractivity contribution < 1.29 is 19.0 Å². The number of rotatable bonds is 5. The predicted octanol–water partition coefficient (Wildman–Crippen LogP) is 2.54. The average molecular weight is 261 g/mol. The first-order chi connectivity index (χ1) is 9.18. The van der Waals surface area contributed by atoms with Crippen LogP contribution >= 0.6 is 0 Å². The summed E-state index contributed by atoms with van der Waals surface area (Å²) >= 11 is 0. The fraction of sp³-hybridized carbons (Fsp3) is 0.143. The highest BCUT2D eigenvalue weighted by Gasteiger charge is 2.16. The molecule has 0 aliphatic rings. The standard InChI is InChI=1S/C14H12FNO3/c15-11-4-1-5-12(13(11)14(17)18)19-8-6-10-3-2-7-16-9-10/h1-5,7,9H,6,8H2,(H,17,18). The zero-order valence-corrected chi connectivity index (χ0v) is 10.0. The Morgan fingerprint density at radius 2 is 2.16 bits per heavy atom. The molecular weight excluding hydrogens is 249 g/mol. The van der Waals surface area contributed by atoms with Gasteiger partial charge in [-0.05, 0) is 23.8 Å². The summed E-state index contributed by atoms with van der Waals surface area (Å²) in [7, 11) is 0. The van der Waals surface area contributed by atoms with E-state index in [1.54, 1.807) is 18.5 Å². The van der Waals surface area contributed by atoms with Crippen molar-refractivity contribution in [3.05, 3.63) is 59.7 Å². The first kappa shape index (κ1) is 13.0. The van der Waals surface area contributed by atoms with Gasteiger partial charge in [0.2, 0.25) is 0 Å². The van der Waals surface area contributed by atoms with Gasteiger partial charge >= 0.3 is 5.97 Å². The SMILES string of the molecule is O=C(O)c1c(F)cccc1OCCc1cccnc1. The number of carbonyl (C=O) groups is 1. The minimum absolute atomic E-state index is 0.0383. The Kier molecular flexibility index (Phi) is 4.07. The van der Waals surface area contributed by atoms with Crippen LogP contribution in [0.15, 0.2) is 42.7 Å². The van der Waals surface area contributed by atoms with Crippen molar-refractivity contribution >= 4 is 5.97 Å². The van der Waals surface area contributed by atoms with Gasteiger partial charge in [-0.15, -0.1) is 0 Å². The number of aromatic nitrogens is 1. The summed E-state index contributed by atoms with van der Waals surface area (Å²) in [4.78, 5) is 14.9. The van der Waals surface area contributed by atoms with Crippen LogP contribution in [0.2, 0.25) is 0 Å². The van der Waals surface area contributed by atoms with E-state index in [1.807, 2.05) is 6.07 Å². The van der Waals surface area contributed by atoms with E-state index in [0.717, 1.165) is 11.6 Å². The van der Waals surface area contributed by atoms with E-state index >= 15 is 0 Å². The van der Waals surface area contributed by atoms with Crippen LogP contribution < -0.4 is 4.74 Å². The molecule has 0 fully saturated rings. The summed E-state index contributed by atoms with van der Waals surface area (Å²) < 4.78 is 18.7. The molecule has 19 heavy (non-hydrogen) atoms. The van der Waals surface area contributed by atoms with E-state index in [4.69, 9.17) is 9.84 Å². The molecular formula is C14H12FNO3. The highest BCUT2D eigenvalue weighted by molar-refractivity contribution is 5.91. The van der Waals surface area contributed by atoms with Crippen LogP contribution in [0.1, 0.15) is 15.9 Å². The van der Waals surface area contributed by atoms with Crippen LogP contribution in [0.4, 0.5) is 4.39 Å². The fourth-order valence-corrected chi connectivity index (χ4v) is 1.66. The molecule has 0 aliphatic heterocycles. The number of carboxylic acids is 1. The van der Waals surface area contributed by atoms with E-state index < -0.39 is 17.3 Å². The maximum atomic E-state index is 13.4. The van der Waals surface area contributed by atoms with Crippen LogP contribution in [-0.4, -0.2) is 22.7 Å². The monoisotopic (exact) mass is 261 g/mol. The Labute approximate surface area is 109 Å². The average Bonchev–Trinajstić information content (AvgIpc) is 2.39. The van der Waals surface area contributed by atoms with Gasteiger partial charge in [-0.25, -0.2) is 9.18 Å². The van der Waals surface area contributed by atoms with Gasteiger partial charge in [0.05, 0.1) is 6.61 Å². The molecule has 0 amide bonds. The number of pyridine rings is 1. The van der Waals surface area contributed by atoms with Crippen molar-refractivity contribution in [3.8, 4) is 5.75 Å². The lowest BCUT2D eigenvalue weighted by atomic mass is 10.2. The van der Waals surface area contributed by atoms with Crippen molar-refractivity contribution in [1.29, 1.82) is 0 Å². The van der Waals surface area contributed by atoms with Gasteiger partial charge in [0.1, 0.15) is 17.1 Å². The van der Waals surface area contributed by atoms with Gasteiger partial charge in [-0.3, -0.25) is 4.98 Å². The number of nitrogens with zero attached hydrogens (tertiary/aromatic N) is 1. The highest BCUT2D eigenvalue weighted by Crippen LogP contribution is 2.21. The largest absolute Gasteiger partial charge is 0.492 e. The van der Waals surface area contributed by atoms with Crippen molar-refractivity contribution in [2.45, 2.75) is 6.42 Å². The van der Waals surface area contributed by atoms with Crippen LogP contribution in [-0.2, 0) is 6.42 Å². The van der Waals surface area contributed by atoms with Gasteiger partial charge < -0.3 is 9.84 Å². The molecule has 98 valence electrons. The smallest absolute Gasteiger partial charge is 0.342 e.